The number of anilines is 3. The summed E-state index contributed by atoms with van der Waals surface area (Å²) in [7, 11) is 0. The van der Waals surface area contributed by atoms with E-state index in [-0.39, 0.29) is 17.3 Å². The molecule has 9 heteroatoms. The lowest BCUT2D eigenvalue weighted by Crippen LogP contribution is -2.10. The van der Waals surface area contributed by atoms with Crippen LogP contribution in [0.25, 0.3) is 0 Å². The van der Waals surface area contributed by atoms with E-state index in [0.717, 1.165) is 12.1 Å². The number of nitrogens with zero attached hydrogens (tertiary/aromatic N) is 2. The van der Waals surface area contributed by atoms with Gasteiger partial charge in [-0.15, -0.1) is 0 Å². The summed E-state index contributed by atoms with van der Waals surface area (Å²) in [4.78, 5) is 14.0. The molecule has 4 N–H and O–H groups in total. The molecule has 0 saturated carbocycles. The van der Waals surface area contributed by atoms with Crippen molar-refractivity contribution in [3.05, 3.63) is 52.1 Å². The van der Waals surface area contributed by atoms with E-state index >= 15 is 0 Å². The van der Waals surface area contributed by atoms with Gasteiger partial charge in [-0.25, -0.2) is 19.6 Å². The number of hydrazine groups is 1. The molecule has 2 aromatic rings. The Labute approximate surface area is 111 Å². The molecule has 104 valence electrons. The fraction of sp³-hybridized carbons (Fsp3) is 0. The molecule has 0 unspecified atom stereocenters. The fourth-order valence-electron chi connectivity index (χ4n) is 1.50. The van der Waals surface area contributed by atoms with Crippen LogP contribution in [0.2, 0.25) is 0 Å². The Kier molecular flexibility index (Phi) is 3.71. The van der Waals surface area contributed by atoms with Crippen molar-refractivity contribution in [3.63, 3.8) is 0 Å². The highest BCUT2D eigenvalue weighted by molar-refractivity contribution is 5.67. The summed E-state index contributed by atoms with van der Waals surface area (Å²) in [5.74, 6) is 2.79. The standard InChI is InChI=1S/C11H9F2N5O2/c12-6-2-1-3-7(10(6)13)15-11-8(18(19)20)4-5-9(16-11)17-14/h1-5H,14H2,(H2,15,16,17). The van der Waals surface area contributed by atoms with Crippen molar-refractivity contribution in [2.45, 2.75) is 0 Å². The van der Waals surface area contributed by atoms with Gasteiger partial charge in [0.2, 0.25) is 5.82 Å². The maximum absolute atomic E-state index is 13.5. The molecule has 1 heterocycles. The first-order chi connectivity index (χ1) is 9.52. The summed E-state index contributed by atoms with van der Waals surface area (Å²) < 4.78 is 26.6. The number of aromatic nitrogens is 1. The van der Waals surface area contributed by atoms with Crippen LogP contribution in [0.5, 0.6) is 0 Å². The Hall–Kier alpha value is -2.81. The third-order valence-electron chi connectivity index (χ3n) is 2.42. The van der Waals surface area contributed by atoms with Gasteiger partial charge in [0.15, 0.2) is 11.6 Å². The summed E-state index contributed by atoms with van der Waals surface area (Å²) in [6, 6.07) is 5.84. The van der Waals surface area contributed by atoms with Crippen LogP contribution in [0, 0.1) is 21.7 Å². The van der Waals surface area contributed by atoms with Gasteiger partial charge in [-0.3, -0.25) is 10.1 Å². The predicted octanol–water partition coefficient (Wildman–Crippen LogP) is 2.30. The fourth-order valence-corrected chi connectivity index (χ4v) is 1.50. The van der Waals surface area contributed by atoms with E-state index in [9.17, 15) is 18.9 Å². The second-order valence-electron chi connectivity index (χ2n) is 3.69. The minimum Gasteiger partial charge on any atom is -0.332 e. The van der Waals surface area contributed by atoms with Crippen molar-refractivity contribution in [2.75, 3.05) is 10.7 Å². The van der Waals surface area contributed by atoms with Crippen LogP contribution in [-0.2, 0) is 0 Å². The van der Waals surface area contributed by atoms with Crippen molar-refractivity contribution in [1.82, 2.24) is 4.98 Å². The van der Waals surface area contributed by atoms with Crippen LogP contribution in [0.3, 0.4) is 0 Å². The zero-order valence-electron chi connectivity index (χ0n) is 9.93. The van der Waals surface area contributed by atoms with Crippen molar-refractivity contribution in [3.8, 4) is 0 Å². The largest absolute Gasteiger partial charge is 0.332 e. The van der Waals surface area contributed by atoms with Gasteiger partial charge >= 0.3 is 5.69 Å². The highest BCUT2D eigenvalue weighted by Gasteiger charge is 2.18. The quantitative estimate of drug-likeness (QED) is 0.451. The molecule has 0 amide bonds. The molecule has 0 spiro atoms. The molecule has 0 atom stereocenters. The van der Waals surface area contributed by atoms with Gasteiger partial charge in [-0.05, 0) is 18.2 Å². The van der Waals surface area contributed by atoms with Gasteiger partial charge in [-0.1, -0.05) is 6.07 Å². The van der Waals surface area contributed by atoms with Crippen molar-refractivity contribution >= 4 is 23.0 Å². The van der Waals surface area contributed by atoms with E-state index in [2.05, 4.69) is 15.7 Å². The third-order valence-corrected chi connectivity index (χ3v) is 2.42. The van der Waals surface area contributed by atoms with E-state index in [1.807, 2.05) is 0 Å². The van der Waals surface area contributed by atoms with Crippen LogP contribution in [0.4, 0.5) is 31.8 Å². The number of benzene rings is 1. The first kappa shape index (κ1) is 13.6. The van der Waals surface area contributed by atoms with Crippen LogP contribution >= 0.6 is 0 Å². The lowest BCUT2D eigenvalue weighted by Gasteiger charge is -2.09. The molecule has 2 rings (SSSR count). The SMILES string of the molecule is NNc1ccc([N+](=O)[O-])c(Nc2cccc(F)c2F)n1. The number of nitrogens with two attached hydrogens (primary N) is 1. The average Bonchev–Trinajstić information content (AvgIpc) is 2.43. The second-order valence-corrected chi connectivity index (χ2v) is 3.69. The smallest absolute Gasteiger partial charge is 0.311 e. The molecule has 1 aromatic heterocycles. The van der Waals surface area contributed by atoms with Gasteiger partial charge in [0.1, 0.15) is 5.82 Å². The zero-order valence-corrected chi connectivity index (χ0v) is 9.93. The van der Waals surface area contributed by atoms with Gasteiger partial charge in [0.25, 0.3) is 0 Å². The highest BCUT2D eigenvalue weighted by Crippen LogP contribution is 2.28. The summed E-state index contributed by atoms with van der Waals surface area (Å²) in [5.41, 5.74) is 1.54. The number of hydrogen-bond donors (Lipinski definition) is 3. The number of halogens is 2. The van der Waals surface area contributed by atoms with Crippen LogP contribution < -0.4 is 16.6 Å². The maximum atomic E-state index is 13.5. The molecular weight excluding hydrogens is 272 g/mol. The first-order valence-electron chi connectivity index (χ1n) is 5.36. The molecule has 1 aromatic carbocycles. The summed E-state index contributed by atoms with van der Waals surface area (Å²) in [5, 5.41) is 13.2. The molecule has 0 fully saturated rings. The number of nitrogens with one attached hydrogen (secondary N) is 2. The van der Waals surface area contributed by atoms with Crippen LogP contribution in [-0.4, -0.2) is 9.91 Å². The molecule has 20 heavy (non-hydrogen) atoms. The van der Waals surface area contributed by atoms with E-state index in [1.54, 1.807) is 0 Å². The molecule has 0 radical (unpaired) electrons. The van der Waals surface area contributed by atoms with Crippen molar-refractivity contribution in [2.24, 2.45) is 5.84 Å². The number of hydrogen-bond acceptors (Lipinski definition) is 6. The van der Waals surface area contributed by atoms with E-state index in [0.29, 0.717) is 0 Å². The molecular formula is C11H9F2N5O2. The lowest BCUT2D eigenvalue weighted by molar-refractivity contribution is -0.384. The Morgan fingerprint density at radius 2 is 2.00 bits per heavy atom. The molecule has 0 bridgehead atoms. The highest BCUT2D eigenvalue weighted by atomic mass is 19.2. The summed E-state index contributed by atoms with van der Waals surface area (Å²) >= 11 is 0. The third kappa shape index (κ3) is 2.62. The van der Waals surface area contributed by atoms with Gasteiger partial charge in [-0.2, -0.15) is 0 Å². The molecule has 0 aliphatic rings. The van der Waals surface area contributed by atoms with Crippen molar-refractivity contribution < 1.29 is 13.7 Å². The maximum Gasteiger partial charge on any atom is 0.311 e. The van der Waals surface area contributed by atoms with E-state index in [1.165, 1.54) is 18.2 Å². The lowest BCUT2D eigenvalue weighted by atomic mass is 10.3. The first-order valence-corrected chi connectivity index (χ1v) is 5.36. The van der Waals surface area contributed by atoms with E-state index < -0.39 is 22.2 Å². The van der Waals surface area contributed by atoms with Gasteiger partial charge < -0.3 is 10.7 Å². The van der Waals surface area contributed by atoms with Crippen LogP contribution in [0.15, 0.2) is 30.3 Å². The Morgan fingerprint density at radius 1 is 1.25 bits per heavy atom. The monoisotopic (exact) mass is 281 g/mol. The molecule has 0 aliphatic carbocycles. The average molecular weight is 281 g/mol. The molecule has 0 aliphatic heterocycles. The second kappa shape index (κ2) is 5.45. The van der Waals surface area contributed by atoms with Crippen molar-refractivity contribution in [1.29, 1.82) is 0 Å². The number of pyridine rings is 1. The number of nitrogen functional groups attached to an aromatic ring is 1. The van der Waals surface area contributed by atoms with Crippen LogP contribution in [0.1, 0.15) is 0 Å². The summed E-state index contributed by atoms with van der Waals surface area (Å²) in [6.45, 7) is 0. The predicted molar refractivity (Wildman–Crippen MR) is 68.3 cm³/mol. The normalized spacial score (nSPS) is 10.2. The minimum absolute atomic E-state index is 0.134. The Morgan fingerprint density at radius 3 is 2.65 bits per heavy atom. The number of nitro groups is 1. The van der Waals surface area contributed by atoms with E-state index in [4.69, 9.17) is 5.84 Å². The Balaban J connectivity index is 2.46. The van der Waals surface area contributed by atoms with Gasteiger partial charge in [0, 0.05) is 6.07 Å². The molecule has 7 nitrogen and oxygen atoms in total. The zero-order chi connectivity index (χ0) is 14.7. The minimum atomic E-state index is -1.16. The summed E-state index contributed by atoms with van der Waals surface area (Å²) in [6.07, 6.45) is 0. The topological polar surface area (TPSA) is 106 Å². The Bertz CT molecular complexity index is 665. The number of rotatable bonds is 4. The van der Waals surface area contributed by atoms with Gasteiger partial charge in [0.05, 0.1) is 10.6 Å². The molecule has 0 saturated heterocycles.